The molecule has 2 aromatic heterocycles. The SMILES string of the molecule is Cn1cnc2c1CCCn1nc3c(c1-2)CN(C=O)CC3. The molecule has 20 heavy (non-hydrogen) atoms. The van der Waals surface area contributed by atoms with Crippen molar-refractivity contribution in [3.05, 3.63) is 23.3 Å². The van der Waals surface area contributed by atoms with Crippen LogP contribution < -0.4 is 0 Å². The maximum Gasteiger partial charge on any atom is 0.210 e. The summed E-state index contributed by atoms with van der Waals surface area (Å²) < 4.78 is 4.20. The van der Waals surface area contributed by atoms with Gasteiger partial charge in [-0.2, -0.15) is 5.10 Å². The van der Waals surface area contributed by atoms with Crippen molar-refractivity contribution in [1.82, 2.24) is 24.2 Å². The molecule has 0 fully saturated rings. The normalized spacial score (nSPS) is 17.1. The lowest BCUT2D eigenvalue weighted by Gasteiger charge is -2.22. The molecule has 2 aliphatic heterocycles. The average Bonchev–Trinajstić information content (AvgIpc) is 2.93. The van der Waals surface area contributed by atoms with E-state index < -0.39 is 0 Å². The number of nitrogens with zero attached hydrogens (tertiary/aromatic N) is 5. The van der Waals surface area contributed by atoms with E-state index in [1.165, 1.54) is 11.3 Å². The van der Waals surface area contributed by atoms with E-state index in [2.05, 4.69) is 14.2 Å². The second kappa shape index (κ2) is 4.19. The molecular formula is C14H17N5O. The number of aromatic nitrogens is 4. The predicted octanol–water partition coefficient (Wildman–Crippen LogP) is 0.744. The quantitative estimate of drug-likeness (QED) is 0.719. The average molecular weight is 271 g/mol. The fourth-order valence-corrected chi connectivity index (χ4v) is 3.31. The van der Waals surface area contributed by atoms with Crippen molar-refractivity contribution < 1.29 is 4.79 Å². The van der Waals surface area contributed by atoms with Crippen LogP contribution in [-0.4, -0.2) is 37.2 Å². The zero-order chi connectivity index (χ0) is 13.7. The molecule has 4 heterocycles. The lowest BCUT2D eigenvalue weighted by Crippen LogP contribution is -2.29. The summed E-state index contributed by atoms with van der Waals surface area (Å²) in [4.78, 5) is 17.5. The molecule has 6 heteroatoms. The van der Waals surface area contributed by atoms with E-state index in [4.69, 9.17) is 5.10 Å². The fourth-order valence-electron chi connectivity index (χ4n) is 3.31. The third kappa shape index (κ3) is 1.54. The van der Waals surface area contributed by atoms with Gasteiger partial charge in [0, 0.05) is 44.4 Å². The number of rotatable bonds is 1. The van der Waals surface area contributed by atoms with Gasteiger partial charge in [0.2, 0.25) is 6.41 Å². The maximum absolute atomic E-state index is 11.1. The molecule has 2 aliphatic rings. The van der Waals surface area contributed by atoms with Gasteiger partial charge in [0.15, 0.2) is 0 Å². The summed E-state index contributed by atoms with van der Waals surface area (Å²) in [5.74, 6) is 0. The van der Waals surface area contributed by atoms with Gasteiger partial charge in [0.1, 0.15) is 5.69 Å². The Kier molecular flexibility index (Phi) is 2.45. The molecule has 0 spiro atoms. The first-order valence-electron chi connectivity index (χ1n) is 7.06. The summed E-state index contributed by atoms with van der Waals surface area (Å²) in [5.41, 5.74) is 5.77. The number of carbonyl (C=O) groups excluding carboxylic acids is 1. The largest absolute Gasteiger partial charge is 0.340 e. The molecule has 0 saturated carbocycles. The highest BCUT2D eigenvalue weighted by molar-refractivity contribution is 5.65. The molecule has 0 atom stereocenters. The topological polar surface area (TPSA) is 56.0 Å². The first kappa shape index (κ1) is 11.7. The van der Waals surface area contributed by atoms with E-state index in [0.29, 0.717) is 6.54 Å². The van der Waals surface area contributed by atoms with Crippen LogP contribution in [0, 0.1) is 0 Å². The predicted molar refractivity (Wildman–Crippen MR) is 72.9 cm³/mol. The van der Waals surface area contributed by atoms with Crippen molar-refractivity contribution in [2.75, 3.05) is 6.54 Å². The highest BCUT2D eigenvalue weighted by Crippen LogP contribution is 2.33. The molecule has 0 bridgehead atoms. The molecule has 0 radical (unpaired) electrons. The van der Waals surface area contributed by atoms with Crippen molar-refractivity contribution in [1.29, 1.82) is 0 Å². The molecule has 0 aliphatic carbocycles. The fraction of sp³-hybridized carbons (Fsp3) is 0.500. The van der Waals surface area contributed by atoms with Crippen LogP contribution in [0.1, 0.15) is 23.4 Å². The van der Waals surface area contributed by atoms with Crippen LogP contribution >= 0.6 is 0 Å². The molecule has 6 nitrogen and oxygen atoms in total. The third-order valence-corrected chi connectivity index (χ3v) is 4.35. The summed E-state index contributed by atoms with van der Waals surface area (Å²) in [6, 6.07) is 0. The van der Waals surface area contributed by atoms with Crippen LogP contribution in [-0.2, 0) is 37.8 Å². The smallest absolute Gasteiger partial charge is 0.210 e. The highest BCUT2D eigenvalue weighted by atomic mass is 16.1. The van der Waals surface area contributed by atoms with Crippen LogP contribution in [0.5, 0.6) is 0 Å². The number of carbonyl (C=O) groups is 1. The molecule has 0 unspecified atom stereocenters. The van der Waals surface area contributed by atoms with E-state index in [-0.39, 0.29) is 0 Å². The van der Waals surface area contributed by atoms with Crippen LogP contribution in [0.2, 0.25) is 0 Å². The lowest BCUT2D eigenvalue weighted by atomic mass is 10.0. The summed E-state index contributed by atoms with van der Waals surface area (Å²) in [7, 11) is 2.04. The summed E-state index contributed by atoms with van der Waals surface area (Å²) in [6.45, 7) is 2.35. The van der Waals surface area contributed by atoms with Crippen molar-refractivity contribution in [2.24, 2.45) is 7.05 Å². The van der Waals surface area contributed by atoms with E-state index in [0.717, 1.165) is 55.8 Å². The van der Waals surface area contributed by atoms with Crippen LogP contribution in [0.25, 0.3) is 11.4 Å². The molecular weight excluding hydrogens is 254 g/mol. The Morgan fingerprint density at radius 3 is 3.05 bits per heavy atom. The Morgan fingerprint density at radius 2 is 2.20 bits per heavy atom. The Hall–Kier alpha value is -2.11. The van der Waals surface area contributed by atoms with Gasteiger partial charge >= 0.3 is 0 Å². The number of imidazole rings is 1. The van der Waals surface area contributed by atoms with Crippen LogP contribution in [0.3, 0.4) is 0 Å². The Balaban J connectivity index is 1.92. The van der Waals surface area contributed by atoms with Crippen LogP contribution in [0.15, 0.2) is 6.33 Å². The van der Waals surface area contributed by atoms with E-state index >= 15 is 0 Å². The Labute approximate surface area is 117 Å². The van der Waals surface area contributed by atoms with Gasteiger partial charge in [-0.1, -0.05) is 0 Å². The molecule has 1 amide bonds. The van der Waals surface area contributed by atoms with Gasteiger partial charge in [-0.05, 0) is 12.8 Å². The maximum atomic E-state index is 11.1. The summed E-state index contributed by atoms with van der Waals surface area (Å²) in [6.07, 6.45) is 5.76. The van der Waals surface area contributed by atoms with Gasteiger partial charge in [-0.25, -0.2) is 4.98 Å². The van der Waals surface area contributed by atoms with Crippen molar-refractivity contribution in [3.8, 4) is 11.4 Å². The van der Waals surface area contributed by atoms with E-state index in [1.807, 2.05) is 18.3 Å². The first-order chi connectivity index (χ1) is 9.78. The summed E-state index contributed by atoms with van der Waals surface area (Å²) >= 11 is 0. The van der Waals surface area contributed by atoms with Gasteiger partial charge in [0.05, 0.1) is 17.7 Å². The van der Waals surface area contributed by atoms with Gasteiger partial charge in [-0.3, -0.25) is 9.48 Å². The first-order valence-corrected chi connectivity index (χ1v) is 7.06. The molecule has 0 aromatic carbocycles. The van der Waals surface area contributed by atoms with Crippen molar-refractivity contribution >= 4 is 6.41 Å². The Bertz CT molecular complexity index is 684. The minimum atomic E-state index is 0.657. The Morgan fingerprint density at radius 1 is 1.30 bits per heavy atom. The third-order valence-electron chi connectivity index (χ3n) is 4.35. The lowest BCUT2D eigenvalue weighted by molar-refractivity contribution is -0.118. The van der Waals surface area contributed by atoms with Gasteiger partial charge < -0.3 is 9.47 Å². The zero-order valence-electron chi connectivity index (χ0n) is 11.5. The molecule has 0 saturated heterocycles. The van der Waals surface area contributed by atoms with Gasteiger partial charge in [0.25, 0.3) is 0 Å². The second-order valence-electron chi connectivity index (χ2n) is 5.58. The van der Waals surface area contributed by atoms with E-state index in [1.54, 1.807) is 0 Å². The number of hydrogen-bond acceptors (Lipinski definition) is 3. The van der Waals surface area contributed by atoms with Crippen molar-refractivity contribution in [3.63, 3.8) is 0 Å². The number of amides is 1. The van der Waals surface area contributed by atoms with Gasteiger partial charge in [-0.15, -0.1) is 0 Å². The molecule has 4 rings (SSSR count). The summed E-state index contributed by atoms with van der Waals surface area (Å²) in [5, 5.41) is 4.75. The second-order valence-corrected chi connectivity index (χ2v) is 5.58. The molecule has 2 aromatic rings. The monoisotopic (exact) mass is 271 g/mol. The minimum Gasteiger partial charge on any atom is -0.340 e. The minimum absolute atomic E-state index is 0.657. The molecule has 0 N–H and O–H groups in total. The van der Waals surface area contributed by atoms with Crippen LogP contribution in [0.4, 0.5) is 0 Å². The number of hydrogen-bond donors (Lipinski definition) is 0. The highest BCUT2D eigenvalue weighted by Gasteiger charge is 2.29. The number of fused-ring (bicyclic) bond motifs is 5. The van der Waals surface area contributed by atoms with Crippen molar-refractivity contribution in [2.45, 2.75) is 32.4 Å². The zero-order valence-corrected chi connectivity index (χ0v) is 11.5. The molecule has 104 valence electrons. The van der Waals surface area contributed by atoms with E-state index in [9.17, 15) is 4.79 Å². The standard InChI is InChI=1S/C14H17N5O/c1-17-8-15-13-12(17)3-2-5-19-14(13)10-7-18(9-20)6-4-11(10)16-19/h8-9H,2-7H2,1H3. The number of aryl methyl sites for hydroxylation is 2.